The summed E-state index contributed by atoms with van der Waals surface area (Å²) >= 11 is 0. The number of amides is 1. The van der Waals surface area contributed by atoms with Crippen molar-refractivity contribution < 1.29 is 9.53 Å². The monoisotopic (exact) mass is 295 g/mol. The molecule has 1 aliphatic rings. The molecule has 0 aliphatic carbocycles. The van der Waals surface area contributed by atoms with Gasteiger partial charge in [-0.15, -0.1) is 0 Å². The maximum Gasteiger partial charge on any atom is 0.254 e. The quantitative estimate of drug-likeness (QED) is 0.847. The van der Waals surface area contributed by atoms with Crippen molar-refractivity contribution in [3.63, 3.8) is 0 Å². The van der Waals surface area contributed by atoms with Gasteiger partial charge >= 0.3 is 0 Å². The Morgan fingerprint density at radius 3 is 2.32 bits per heavy atom. The largest absolute Gasteiger partial charge is 0.375 e. The maximum absolute atomic E-state index is 12.7. The van der Waals surface area contributed by atoms with Crippen LogP contribution in [-0.4, -0.2) is 36.1 Å². The van der Waals surface area contributed by atoms with Gasteiger partial charge in [-0.05, 0) is 37.1 Å². The van der Waals surface area contributed by atoms with Crippen LogP contribution in [0.4, 0.5) is 0 Å². The van der Waals surface area contributed by atoms with E-state index in [0.29, 0.717) is 13.2 Å². The molecule has 2 aromatic carbocycles. The predicted octanol–water partition coefficient (Wildman–Crippen LogP) is 3.60. The normalized spacial score (nSPS) is 21.6. The maximum atomic E-state index is 12.7. The lowest BCUT2D eigenvalue weighted by atomic mass is 10.0. The van der Waals surface area contributed by atoms with E-state index in [1.165, 1.54) is 0 Å². The van der Waals surface area contributed by atoms with Gasteiger partial charge in [-0.3, -0.25) is 4.79 Å². The Balaban J connectivity index is 1.79. The second-order valence-electron chi connectivity index (χ2n) is 5.89. The van der Waals surface area contributed by atoms with Crippen LogP contribution in [0.25, 0.3) is 11.1 Å². The molecule has 1 saturated heterocycles. The molecule has 0 N–H and O–H groups in total. The molecule has 0 spiro atoms. The fraction of sp³-hybridized carbons (Fsp3) is 0.316. The third-order valence-corrected chi connectivity index (χ3v) is 4.11. The van der Waals surface area contributed by atoms with Gasteiger partial charge in [0.15, 0.2) is 0 Å². The fourth-order valence-corrected chi connectivity index (χ4v) is 2.79. The highest BCUT2D eigenvalue weighted by Gasteiger charge is 2.28. The summed E-state index contributed by atoms with van der Waals surface area (Å²) < 4.78 is 5.59. The van der Waals surface area contributed by atoms with Gasteiger partial charge in [-0.1, -0.05) is 42.5 Å². The highest BCUT2D eigenvalue weighted by Crippen LogP contribution is 2.21. The lowest BCUT2D eigenvalue weighted by molar-refractivity contribution is -0.0387. The summed E-state index contributed by atoms with van der Waals surface area (Å²) in [5.74, 6) is 0.0854. The van der Waals surface area contributed by atoms with E-state index >= 15 is 0 Å². The van der Waals surface area contributed by atoms with Crippen LogP contribution >= 0.6 is 0 Å². The summed E-state index contributed by atoms with van der Waals surface area (Å²) in [7, 11) is 0. The van der Waals surface area contributed by atoms with Crippen LogP contribution in [0, 0.1) is 0 Å². The van der Waals surface area contributed by atoms with Gasteiger partial charge in [0.1, 0.15) is 0 Å². The first-order valence-corrected chi connectivity index (χ1v) is 7.73. The Morgan fingerprint density at radius 1 is 1.00 bits per heavy atom. The number of hydrogen-bond donors (Lipinski definition) is 0. The van der Waals surface area contributed by atoms with Crippen LogP contribution in [0.15, 0.2) is 54.6 Å². The Labute approximate surface area is 131 Å². The number of morpholine rings is 1. The molecule has 1 fully saturated rings. The lowest BCUT2D eigenvalue weighted by Gasteiger charge is -2.36. The van der Waals surface area contributed by atoms with Crippen LogP contribution in [0.1, 0.15) is 24.2 Å². The van der Waals surface area contributed by atoms with Gasteiger partial charge in [0, 0.05) is 12.1 Å². The second-order valence-corrected chi connectivity index (χ2v) is 5.89. The zero-order valence-electron chi connectivity index (χ0n) is 13.0. The summed E-state index contributed by atoms with van der Waals surface area (Å²) in [6.07, 6.45) is 0.101. The van der Waals surface area contributed by atoms with Crippen molar-refractivity contribution in [2.45, 2.75) is 26.0 Å². The minimum atomic E-state index is 0.0854. The molecule has 3 rings (SSSR count). The van der Waals surface area contributed by atoms with Gasteiger partial charge in [0.05, 0.1) is 18.8 Å². The van der Waals surface area contributed by atoms with Crippen molar-refractivity contribution >= 4 is 5.91 Å². The SMILES string of the molecule is CC1CN(C(=O)c2ccc(-c3ccccc3)cc2)C(C)CO1. The van der Waals surface area contributed by atoms with Gasteiger partial charge in [0.2, 0.25) is 0 Å². The number of ether oxygens (including phenoxy) is 1. The number of rotatable bonds is 2. The topological polar surface area (TPSA) is 29.5 Å². The molecule has 2 aromatic rings. The van der Waals surface area contributed by atoms with Crippen molar-refractivity contribution in [2.24, 2.45) is 0 Å². The molecule has 0 saturated carbocycles. The smallest absolute Gasteiger partial charge is 0.254 e. The van der Waals surface area contributed by atoms with Crippen LogP contribution in [0.2, 0.25) is 0 Å². The van der Waals surface area contributed by atoms with E-state index in [4.69, 9.17) is 4.74 Å². The lowest BCUT2D eigenvalue weighted by Crippen LogP contribution is -2.50. The Kier molecular flexibility index (Phi) is 4.25. The van der Waals surface area contributed by atoms with E-state index < -0.39 is 0 Å². The number of carbonyl (C=O) groups is 1. The third kappa shape index (κ3) is 3.04. The highest BCUT2D eigenvalue weighted by molar-refractivity contribution is 5.95. The van der Waals surface area contributed by atoms with Crippen LogP contribution in [-0.2, 0) is 4.74 Å². The molecule has 1 heterocycles. The van der Waals surface area contributed by atoms with Crippen molar-refractivity contribution in [3.05, 3.63) is 60.2 Å². The molecule has 3 nitrogen and oxygen atoms in total. The van der Waals surface area contributed by atoms with Crippen molar-refractivity contribution in [3.8, 4) is 11.1 Å². The average Bonchev–Trinajstić information content (AvgIpc) is 2.57. The first-order valence-electron chi connectivity index (χ1n) is 7.73. The molecule has 3 heteroatoms. The van der Waals surface area contributed by atoms with Gasteiger partial charge in [-0.2, -0.15) is 0 Å². The van der Waals surface area contributed by atoms with Crippen LogP contribution < -0.4 is 0 Å². The van der Waals surface area contributed by atoms with Crippen molar-refractivity contribution in [1.29, 1.82) is 0 Å². The van der Waals surface area contributed by atoms with Crippen molar-refractivity contribution in [1.82, 2.24) is 4.90 Å². The van der Waals surface area contributed by atoms with E-state index in [2.05, 4.69) is 12.1 Å². The zero-order chi connectivity index (χ0) is 15.5. The third-order valence-electron chi connectivity index (χ3n) is 4.11. The van der Waals surface area contributed by atoms with E-state index in [1.807, 2.05) is 61.2 Å². The van der Waals surface area contributed by atoms with E-state index in [-0.39, 0.29) is 18.1 Å². The zero-order valence-corrected chi connectivity index (χ0v) is 13.0. The minimum absolute atomic E-state index is 0.0854. The molecule has 1 amide bonds. The Hall–Kier alpha value is -2.13. The van der Waals surface area contributed by atoms with Gasteiger partial charge < -0.3 is 9.64 Å². The molecule has 2 unspecified atom stereocenters. The van der Waals surface area contributed by atoms with Crippen LogP contribution in [0.5, 0.6) is 0 Å². The summed E-state index contributed by atoms with van der Waals surface area (Å²) in [5, 5.41) is 0. The van der Waals surface area contributed by atoms with Gasteiger partial charge in [-0.25, -0.2) is 0 Å². The summed E-state index contributed by atoms with van der Waals surface area (Å²) in [4.78, 5) is 14.6. The van der Waals surface area contributed by atoms with E-state index in [9.17, 15) is 4.79 Å². The average molecular weight is 295 g/mol. The summed E-state index contributed by atoms with van der Waals surface area (Å²) in [5.41, 5.74) is 3.02. The molecular formula is C19H21NO2. The minimum Gasteiger partial charge on any atom is -0.375 e. The molecule has 1 aliphatic heterocycles. The highest BCUT2D eigenvalue weighted by atomic mass is 16.5. The number of benzene rings is 2. The number of nitrogens with zero attached hydrogens (tertiary/aromatic N) is 1. The molecule has 114 valence electrons. The first-order chi connectivity index (χ1) is 10.6. The standard InChI is InChI=1S/C19H21NO2/c1-14-13-22-15(2)12-20(14)19(21)18-10-8-17(9-11-18)16-6-4-3-5-7-16/h3-11,14-15H,12-13H2,1-2H3. The molecule has 22 heavy (non-hydrogen) atoms. The van der Waals surface area contributed by atoms with Gasteiger partial charge in [0.25, 0.3) is 5.91 Å². The Morgan fingerprint density at radius 2 is 1.64 bits per heavy atom. The molecule has 0 radical (unpaired) electrons. The van der Waals surface area contributed by atoms with E-state index in [1.54, 1.807) is 0 Å². The molecule has 0 aromatic heterocycles. The Bertz CT molecular complexity index is 636. The molecule has 2 atom stereocenters. The predicted molar refractivity (Wildman–Crippen MR) is 87.8 cm³/mol. The van der Waals surface area contributed by atoms with E-state index in [0.717, 1.165) is 16.7 Å². The summed E-state index contributed by atoms with van der Waals surface area (Å²) in [6.45, 7) is 5.29. The molecular weight excluding hydrogens is 274 g/mol. The second kappa shape index (κ2) is 6.32. The number of hydrogen-bond acceptors (Lipinski definition) is 2. The first kappa shape index (κ1) is 14.8. The number of carbonyl (C=O) groups excluding carboxylic acids is 1. The van der Waals surface area contributed by atoms with Crippen LogP contribution in [0.3, 0.4) is 0 Å². The van der Waals surface area contributed by atoms with Crippen molar-refractivity contribution in [2.75, 3.05) is 13.2 Å². The molecule has 0 bridgehead atoms. The summed E-state index contributed by atoms with van der Waals surface area (Å²) in [6, 6.07) is 18.2. The fourth-order valence-electron chi connectivity index (χ4n) is 2.79.